The molecule has 0 saturated carbocycles. The number of fused-ring (bicyclic) bond motifs is 2. The third-order valence-electron chi connectivity index (χ3n) is 2.45. The zero-order chi connectivity index (χ0) is 11.0. The molecule has 3 heterocycles. The van der Waals surface area contributed by atoms with Gasteiger partial charge in [0, 0.05) is 18.3 Å². The second-order valence-electron chi connectivity index (χ2n) is 3.52. The second kappa shape index (κ2) is 3.75. The van der Waals surface area contributed by atoms with Crippen molar-refractivity contribution in [2.24, 2.45) is 0 Å². The number of halogens is 1. The van der Waals surface area contributed by atoms with Gasteiger partial charge in [-0.15, -0.1) is 0 Å². The molecule has 0 bridgehead atoms. The van der Waals surface area contributed by atoms with Gasteiger partial charge >= 0.3 is 0 Å². The Hall–Kier alpha value is -1.62. The maximum atomic E-state index is 4.37. The van der Waals surface area contributed by atoms with Crippen molar-refractivity contribution >= 4 is 33.3 Å². The van der Waals surface area contributed by atoms with Gasteiger partial charge in [-0.05, 0) is 34.1 Å². The Balaban J connectivity index is 2.08. The molecule has 80 valence electrons. The minimum absolute atomic E-state index is 0.729. The summed E-state index contributed by atoms with van der Waals surface area (Å²) >= 11 is 3.36. The highest BCUT2D eigenvalue weighted by molar-refractivity contribution is 9.10. The summed E-state index contributed by atoms with van der Waals surface area (Å²) in [6, 6.07) is 7.86. The summed E-state index contributed by atoms with van der Waals surface area (Å²) in [5, 5.41) is 6.55. The largest absolute Gasteiger partial charge is 0.364 e. The molecule has 0 unspecified atom stereocenters. The van der Waals surface area contributed by atoms with Crippen molar-refractivity contribution in [3.05, 3.63) is 40.6 Å². The van der Waals surface area contributed by atoms with E-state index in [0.29, 0.717) is 0 Å². The molecule has 16 heavy (non-hydrogen) atoms. The minimum Gasteiger partial charge on any atom is -0.364 e. The summed E-state index contributed by atoms with van der Waals surface area (Å²) < 4.78 is 0.819. The zero-order valence-corrected chi connectivity index (χ0v) is 9.95. The fourth-order valence-corrected chi connectivity index (χ4v) is 1.98. The van der Waals surface area contributed by atoms with Crippen molar-refractivity contribution in [1.82, 2.24) is 9.97 Å². The highest BCUT2D eigenvalue weighted by atomic mass is 79.9. The van der Waals surface area contributed by atoms with Crippen LogP contribution in [0.25, 0.3) is 0 Å². The number of nitrogens with one attached hydrogen (secondary N) is 2. The molecule has 0 spiro atoms. The molecule has 0 fully saturated rings. The molecule has 0 saturated heterocycles. The van der Waals surface area contributed by atoms with Crippen LogP contribution < -0.4 is 10.6 Å². The SMILES string of the molecule is Brc1ccc2c(n1)NCc1cccnc1N2. The van der Waals surface area contributed by atoms with Crippen LogP contribution in [0.3, 0.4) is 0 Å². The van der Waals surface area contributed by atoms with E-state index in [4.69, 9.17) is 0 Å². The molecule has 4 nitrogen and oxygen atoms in total. The summed E-state index contributed by atoms with van der Waals surface area (Å²) in [5.74, 6) is 1.73. The monoisotopic (exact) mass is 276 g/mol. The molecule has 2 aromatic rings. The van der Waals surface area contributed by atoms with E-state index >= 15 is 0 Å². The predicted molar refractivity (Wildman–Crippen MR) is 66.8 cm³/mol. The van der Waals surface area contributed by atoms with E-state index in [1.807, 2.05) is 24.3 Å². The van der Waals surface area contributed by atoms with Gasteiger partial charge in [0.2, 0.25) is 0 Å². The predicted octanol–water partition coefficient (Wildman–Crippen LogP) is 2.91. The van der Waals surface area contributed by atoms with Crippen molar-refractivity contribution in [1.29, 1.82) is 0 Å². The van der Waals surface area contributed by atoms with Crippen molar-refractivity contribution < 1.29 is 0 Å². The molecule has 0 radical (unpaired) electrons. The summed E-state index contributed by atoms with van der Waals surface area (Å²) in [7, 11) is 0. The van der Waals surface area contributed by atoms with Crippen molar-refractivity contribution in [2.75, 3.05) is 10.6 Å². The second-order valence-corrected chi connectivity index (χ2v) is 4.33. The van der Waals surface area contributed by atoms with Crippen LogP contribution in [0.5, 0.6) is 0 Å². The van der Waals surface area contributed by atoms with Crippen molar-refractivity contribution in [3.8, 4) is 0 Å². The number of hydrogen-bond donors (Lipinski definition) is 2. The van der Waals surface area contributed by atoms with E-state index < -0.39 is 0 Å². The first-order chi connectivity index (χ1) is 7.83. The topological polar surface area (TPSA) is 49.8 Å². The molecule has 5 heteroatoms. The van der Waals surface area contributed by atoms with Crippen LogP contribution in [0.4, 0.5) is 17.3 Å². The average molecular weight is 277 g/mol. The summed E-state index contributed by atoms with van der Waals surface area (Å²) in [4.78, 5) is 8.68. The standard InChI is InChI=1S/C11H9BrN4/c12-9-4-3-8-11(16-9)14-6-7-2-1-5-13-10(7)15-8/h1-5H,6H2,(H,13,15)(H,14,16). The number of pyridine rings is 2. The Labute approximate surface area is 101 Å². The number of hydrogen-bond acceptors (Lipinski definition) is 4. The van der Waals surface area contributed by atoms with E-state index in [2.05, 4.69) is 36.5 Å². The summed E-state index contributed by atoms with van der Waals surface area (Å²) in [5.41, 5.74) is 2.08. The molecule has 2 aromatic heterocycles. The highest BCUT2D eigenvalue weighted by Crippen LogP contribution is 2.29. The molecular formula is C11H9BrN4. The average Bonchev–Trinajstić information content (AvgIpc) is 2.48. The van der Waals surface area contributed by atoms with Crippen LogP contribution in [0.1, 0.15) is 5.56 Å². The van der Waals surface area contributed by atoms with Crippen LogP contribution in [0.15, 0.2) is 35.1 Å². The fourth-order valence-electron chi connectivity index (χ4n) is 1.67. The van der Waals surface area contributed by atoms with Gasteiger partial charge < -0.3 is 10.6 Å². The lowest BCUT2D eigenvalue weighted by atomic mass is 10.2. The Morgan fingerprint density at radius 2 is 2.12 bits per heavy atom. The van der Waals surface area contributed by atoms with E-state index in [1.54, 1.807) is 6.20 Å². The molecular weight excluding hydrogens is 268 g/mol. The number of rotatable bonds is 0. The van der Waals surface area contributed by atoms with Gasteiger partial charge in [-0.25, -0.2) is 9.97 Å². The molecule has 0 aromatic carbocycles. The highest BCUT2D eigenvalue weighted by Gasteiger charge is 2.13. The van der Waals surface area contributed by atoms with Crippen LogP contribution in [-0.4, -0.2) is 9.97 Å². The molecule has 0 amide bonds. The van der Waals surface area contributed by atoms with E-state index in [9.17, 15) is 0 Å². The maximum Gasteiger partial charge on any atom is 0.151 e. The molecule has 1 aliphatic rings. The van der Waals surface area contributed by atoms with Gasteiger partial charge in [0.1, 0.15) is 10.4 Å². The van der Waals surface area contributed by atoms with Crippen LogP contribution in [0, 0.1) is 0 Å². The van der Waals surface area contributed by atoms with Crippen molar-refractivity contribution in [2.45, 2.75) is 6.54 Å². The lowest BCUT2D eigenvalue weighted by molar-refractivity contribution is 1.11. The molecule has 3 rings (SSSR count). The molecule has 0 aliphatic carbocycles. The zero-order valence-electron chi connectivity index (χ0n) is 8.37. The minimum atomic E-state index is 0.729. The van der Waals surface area contributed by atoms with Gasteiger partial charge in [0.25, 0.3) is 0 Å². The van der Waals surface area contributed by atoms with Crippen LogP contribution >= 0.6 is 15.9 Å². The number of nitrogens with zero attached hydrogens (tertiary/aromatic N) is 2. The van der Waals surface area contributed by atoms with Gasteiger partial charge in [0.05, 0.1) is 5.69 Å². The Morgan fingerprint density at radius 3 is 3.06 bits per heavy atom. The van der Waals surface area contributed by atoms with Gasteiger partial charge in [-0.1, -0.05) is 6.07 Å². The van der Waals surface area contributed by atoms with Crippen LogP contribution in [-0.2, 0) is 6.54 Å². The lowest BCUT2D eigenvalue weighted by Gasteiger charge is -2.07. The Bertz CT molecular complexity index is 541. The van der Waals surface area contributed by atoms with Crippen LogP contribution in [0.2, 0.25) is 0 Å². The first kappa shape index (κ1) is 9.59. The maximum absolute atomic E-state index is 4.37. The lowest BCUT2D eigenvalue weighted by Crippen LogP contribution is -1.99. The summed E-state index contributed by atoms with van der Waals surface area (Å²) in [6.07, 6.45) is 1.78. The normalized spacial score (nSPS) is 12.8. The molecule has 2 N–H and O–H groups in total. The van der Waals surface area contributed by atoms with E-state index in [1.165, 1.54) is 0 Å². The van der Waals surface area contributed by atoms with E-state index in [0.717, 1.165) is 34.0 Å². The van der Waals surface area contributed by atoms with Crippen molar-refractivity contribution in [3.63, 3.8) is 0 Å². The third-order valence-corrected chi connectivity index (χ3v) is 2.89. The molecule has 1 aliphatic heterocycles. The quantitative estimate of drug-likeness (QED) is 0.727. The van der Waals surface area contributed by atoms with Gasteiger partial charge in [-0.3, -0.25) is 0 Å². The van der Waals surface area contributed by atoms with E-state index in [-0.39, 0.29) is 0 Å². The summed E-state index contributed by atoms with van der Waals surface area (Å²) in [6.45, 7) is 0.729. The van der Waals surface area contributed by atoms with Gasteiger partial charge in [0.15, 0.2) is 5.82 Å². The number of aromatic nitrogens is 2. The smallest absolute Gasteiger partial charge is 0.151 e. The van der Waals surface area contributed by atoms with Gasteiger partial charge in [-0.2, -0.15) is 0 Å². The third kappa shape index (κ3) is 1.63. The Kier molecular flexibility index (Phi) is 2.25. The Morgan fingerprint density at radius 1 is 1.19 bits per heavy atom. The fraction of sp³-hybridized carbons (Fsp3) is 0.0909. The molecule has 0 atom stereocenters. The first-order valence-corrected chi connectivity index (χ1v) is 5.73. The number of anilines is 3. The first-order valence-electron chi connectivity index (χ1n) is 4.94.